The maximum Gasteiger partial charge on any atom is 0.158 e. The topological polar surface area (TPSA) is 67.2 Å². The Kier molecular flexibility index (Phi) is 3.99. The number of ether oxygens (including phenoxy) is 2. The summed E-state index contributed by atoms with van der Waals surface area (Å²) in [6.07, 6.45) is 0.328. The van der Waals surface area contributed by atoms with Gasteiger partial charge in [-0.25, -0.2) is 0 Å². The number of hydrogen-bond donors (Lipinski definition) is 0. The van der Waals surface area contributed by atoms with Crippen molar-refractivity contribution in [2.45, 2.75) is 36.6 Å². The summed E-state index contributed by atoms with van der Waals surface area (Å²) in [6.45, 7) is 1.92. The first kappa shape index (κ1) is 10.8. The molecule has 6 heteroatoms. The zero-order valence-corrected chi connectivity index (χ0v) is 9.14. The molecule has 1 aliphatic rings. The molecule has 0 amide bonds. The van der Waals surface area contributed by atoms with Crippen LogP contribution in [0.5, 0.6) is 0 Å². The van der Waals surface area contributed by atoms with Crippen molar-refractivity contribution in [1.82, 2.24) is 0 Å². The number of azide groups is 1. The van der Waals surface area contributed by atoms with Crippen LogP contribution in [-0.4, -0.2) is 30.4 Å². The average molecular weight is 250 g/mol. The van der Waals surface area contributed by atoms with E-state index in [1.165, 1.54) is 0 Å². The van der Waals surface area contributed by atoms with Crippen molar-refractivity contribution >= 4 is 15.9 Å². The Labute approximate surface area is 85.2 Å². The van der Waals surface area contributed by atoms with Crippen LogP contribution < -0.4 is 0 Å². The van der Waals surface area contributed by atoms with E-state index in [9.17, 15) is 0 Å². The van der Waals surface area contributed by atoms with Gasteiger partial charge in [-0.3, -0.25) is 0 Å². The van der Waals surface area contributed by atoms with Gasteiger partial charge in [0.2, 0.25) is 0 Å². The van der Waals surface area contributed by atoms with E-state index in [0.29, 0.717) is 6.42 Å². The van der Waals surface area contributed by atoms with Crippen molar-refractivity contribution in [2.75, 3.05) is 7.11 Å². The van der Waals surface area contributed by atoms with E-state index in [2.05, 4.69) is 26.0 Å². The van der Waals surface area contributed by atoms with E-state index in [0.717, 1.165) is 0 Å². The molecule has 0 aliphatic carbocycles. The fraction of sp³-hybridized carbons (Fsp3) is 1.00. The lowest BCUT2D eigenvalue weighted by Crippen LogP contribution is -2.43. The van der Waals surface area contributed by atoms with Crippen LogP contribution in [-0.2, 0) is 9.47 Å². The molecule has 1 rings (SSSR count). The summed E-state index contributed by atoms with van der Waals surface area (Å²) in [4.78, 5) is 2.86. The molecular formula is C7H12BrN3O2. The fourth-order valence-corrected chi connectivity index (χ4v) is 1.79. The molecule has 4 atom stereocenters. The first-order valence-electron chi connectivity index (χ1n) is 4.05. The normalized spacial score (nSPS) is 39.6. The quantitative estimate of drug-likeness (QED) is 0.326. The van der Waals surface area contributed by atoms with Gasteiger partial charge in [0.25, 0.3) is 0 Å². The standard InChI is InChI=1S/C7H12BrN3O2/c1-4-7(8)5(10-11-9)3-6(12-2)13-4/h4-7H,3H2,1-2H3/t4-,5-,6+,7+/m1/s1. The van der Waals surface area contributed by atoms with E-state index in [1.807, 2.05) is 6.92 Å². The molecule has 0 bridgehead atoms. The van der Waals surface area contributed by atoms with Crippen LogP contribution in [0.25, 0.3) is 10.4 Å². The van der Waals surface area contributed by atoms with Crippen molar-refractivity contribution in [3.8, 4) is 0 Å². The van der Waals surface area contributed by atoms with Crippen molar-refractivity contribution < 1.29 is 9.47 Å². The molecule has 13 heavy (non-hydrogen) atoms. The molecular weight excluding hydrogens is 238 g/mol. The highest BCUT2D eigenvalue weighted by molar-refractivity contribution is 9.09. The third-order valence-electron chi connectivity index (χ3n) is 2.08. The van der Waals surface area contributed by atoms with Gasteiger partial charge in [-0.05, 0) is 12.5 Å². The van der Waals surface area contributed by atoms with Crippen molar-refractivity contribution in [2.24, 2.45) is 5.11 Å². The second-order valence-electron chi connectivity index (χ2n) is 2.96. The summed E-state index contributed by atoms with van der Waals surface area (Å²) >= 11 is 3.43. The smallest absolute Gasteiger partial charge is 0.158 e. The molecule has 0 spiro atoms. The second-order valence-corrected chi connectivity index (χ2v) is 4.02. The fourth-order valence-electron chi connectivity index (χ4n) is 1.34. The van der Waals surface area contributed by atoms with Gasteiger partial charge in [-0.2, -0.15) is 0 Å². The van der Waals surface area contributed by atoms with Crippen LogP contribution >= 0.6 is 15.9 Å². The Morgan fingerprint density at radius 1 is 1.69 bits per heavy atom. The van der Waals surface area contributed by atoms with Gasteiger partial charge in [0.1, 0.15) is 0 Å². The highest BCUT2D eigenvalue weighted by Crippen LogP contribution is 2.28. The lowest BCUT2D eigenvalue weighted by molar-refractivity contribution is -0.175. The van der Waals surface area contributed by atoms with Crippen molar-refractivity contribution in [3.63, 3.8) is 0 Å². The maximum atomic E-state index is 8.34. The maximum absolute atomic E-state index is 8.34. The lowest BCUT2D eigenvalue weighted by atomic mass is 10.0. The van der Waals surface area contributed by atoms with Crippen LogP contribution in [0.3, 0.4) is 0 Å². The lowest BCUT2D eigenvalue weighted by Gasteiger charge is -2.34. The van der Waals surface area contributed by atoms with Gasteiger partial charge in [-0.1, -0.05) is 21.0 Å². The third-order valence-corrected chi connectivity index (χ3v) is 3.43. The van der Waals surface area contributed by atoms with E-state index < -0.39 is 0 Å². The highest BCUT2D eigenvalue weighted by Gasteiger charge is 2.34. The van der Waals surface area contributed by atoms with Crippen molar-refractivity contribution in [3.05, 3.63) is 10.4 Å². The van der Waals surface area contributed by atoms with Crippen molar-refractivity contribution in [1.29, 1.82) is 0 Å². The average Bonchev–Trinajstić information content (AvgIpc) is 2.13. The summed E-state index contributed by atoms with van der Waals surface area (Å²) in [5.74, 6) is 0. The van der Waals surface area contributed by atoms with E-state index in [-0.39, 0.29) is 23.3 Å². The Morgan fingerprint density at radius 2 is 2.38 bits per heavy atom. The van der Waals surface area contributed by atoms with Gasteiger partial charge < -0.3 is 9.47 Å². The molecule has 0 aromatic rings. The minimum absolute atomic E-state index is 0.00537. The Balaban J connectivity index is 2.65. The summed E-state index contributed by atoms with van der Waals surface area (Å²) in [7, 11) is 1.58. The molecule has 0 unspecified atom stereocenters. The second kappa shape index (κ2) is 4.81. The van der Waals surface area contributed by atoms with Crippen LogP contribution in [0.2, 0.25) is 0 Å². The Bertz CT molecular complexity index is 220. The van der Waals surface area contributed by atoms with Crippen LogP contribution in [0.15, 0.2) is 5.11 Å². The monoisotopic (exact) mass is 249 g/mol. The first-order chi connectivity index (χ1) is 6.19. The molecule has 0 saturated carbocycles. The number of methoxy groups -OCH3 is 1. The van der Waals surface area contributed by atoms with Gasteiger partial charge >= 0.3 is 0 Å². The number of halogens is 1. The van der Waals surface area contributed by atoms with Crippen LogP contribution in [0, 0.1) is 0 Å². The molecule has 0 radical (unpaired) electrons. The van der Waals surface area contributed by atoms with Gasteiger partial charge in [0, 0.05) is 23.3 Å². The predicted octanol–water partition coefficient (Wildman–Crippen LogP) is 2.21. The first-order valence-corrected chi connectivity index (χ1v) is 4.97. The predicted molar refractivity (Wildman–Crippen MR) is 51.6 cm³/mol. The van der Waals surface area contributed by atoms with Crippen LogP contribution in [0.4, 0.5) is 0 Å². The number of rotatable bonds is 2. The molecule has 0 aromatic carbocycles. The third kappa shape index (κ3) is 2.57. The SMILES string of the molecule is CO[C@@H]1C[C@@H](N=[N+]=[N-])[C@@H](Br)[C@@H](C)O1. The van der Waals surface area contributed by atoms with E-state index in [4.69, 9.17) is 15.0 Å². The zero-order valence-electron chi connectivity index (χ0n) is 7.55. The Morgan fingerprint density at radius 3 is 2.92 bits per heavy atom. The van der Waals surface area contributed by atoms with Gasteiger partial charge in [-0.15, -0.1) is 0 Å². The molecule has 1 fully saturated rings. The Hall–Kier alpha value is -0.290. The van der Waals surface area contributed by atoms with Gasteiger partial charge in [0.05, 0.1) is 12.1 Å². The summed E-state index contributed by atoms with van der Waals surface area (Å²) in [5, 5.41) is 3.69. The minimum atomic E-state index is -0.265. The van der Waals surface area contributed by atoms with Gasteiger partial charge in [0.15, 0.2) is 6.29 Å². The summed E-state index contributed by atoms with van der Waals surface area (Å²) in [6, 6.07) is -0.0984. The molecule has 0 N–H and O–H groups in total. The molecule has 5 nitrogen and oxygen atoms in total. The zero-order chi connectivity index (χ0) is 9.84. The largest absolute Gasteiger partial charge is 0.356 e. The minimum Gasteiger partial charge on any atom is -0.356 e. The summed E-state index contributed by atoms with van der Waals surface area (Å²) < 4.78 is 10.5. The molecule has 1 saturated heterocycles. The van der Waals surface area contributed by atoms with E-state index in [1.54, 1.807) is 7.11 Å². The molecule has 0 aromatic heterocycles. The highest BCUT2D eigenvalue weighted by atomic mass is 79.9. The van der Waals surface area contributed by atoms with Crippen LogP contribution in [0.1, 0.15) is 13.3 Å². The molecule has 1 heterocycles. The molecule has 1 aliphatic heterocycles. The number of hydrogen-bond acceptors (Lipinski definition) is 3. The summed E-state index contributed by atoms with van der Waals surface area (Å²) in [5.41, 5.74) is 8.34. The number of alkyl halides is 1. The number of nitrogens with zero attached hydrogens (tertiary/aromatic N) is 3. The van der Waals surface area contributed by atoms with E-state index >= 15 is 0 Å². The molecule has 74 valence electrons.